The highest BCUT2D eigenvalue weighted by Crippen LogP contribution is 2.21. The number of piperidine rings is 1. The van der Waals surface area contributed by atoms with Crippen molar-refractivity contribution in [2.45, 2.75) is 58.2 Å². The molecule has 1 aromatic carbocycles. The number of likely N-dealkylation sites (tertiary alicyclic amines) is 1. The van der Waals surface area contributed by atoms with Crippen molar-refractivity contribution >= 4 is 6.09 Å². The summed E-state index contributed by atoms with van der Waals surface area (Å²) in [5.74, 6) is 0.882. The highest BCUT2D eigenvalue weighted by Gasteiger charge is 2.24. The van der Waals surface area contributed by atoms with Crippen LogP contribution in [0.3, 0.4) is 0 Å². The fourth-order valence-electron chi connectivity index (χ4n) is 3.02. The van der Waals surface area contributed by atoms with Crippen molar-refractivity contribution in [2.75, 3.05) is 20.2 Å². The number of benzene rings is 1. The first-order valence-corrected chi connectivity index (χ1v) is 8.71. The van der Waals surface area contributed by atoms with Gasteiger partial charge in [-0.3, -0.25) is 4.90 Å². The van der Waals surface area contributed by atoms with Crippen LogP contribution in [0.2, 0.25) is 0 Å². The molecule has 1 fully saturated rings. The van der Waals surface area contributed by atoms with Crippen molar-refractivity contribution in [3.63, 3.8) is 0 Å². The van der Waals surface area contributed by atoms with Gasteiger partial charge in [-0.05, 0) is 57.9 Å². The first kappa shape index (κ1) is 18.6. The minimum atomic E-state index is -0.461. The number of nitrogens with zero attached hydrogens (tertiary/aromatic N) is 1. The number of amides is 1. The van der Waals surface area contributed by atoms with Crippen molar-refractivity contribution in [3.8, 4) is 5.75 Å². The number of carbonyl (C=O) groups is 1. The van der Waals surface area contributed by atoms with Crippen LogP contribution < -0.4 is 10.1 Å². The summed E-state index contributed by atoms with van der Waals surface area (Å²) in [6.45, 7) is 8.18. The van der Waals surface area contributed by atoms with Gasteiger partial charge in [-0.25, -0.2) is 4.79 Å². The summed E-state index contributed by atoms with van der Waals surface area (Å²) >= 11 is 0. The fourth-order valence-corrected chi connectivity index (χ4v) is 3.02. The van der Waals surface area contributed by atoms with Crippen LogP contribution in [-0.4, -0.2) is 42.8 Å². The maximum absolute atomic E-state index is 11.9. The van der Waals surface area contributed by atoms with E-state index in [1.165, 1.54) is 18.4 Å². The Balaban J connectivity index is 1.91. The molecule has 0 bridgehead atoms. The Labute approximate surface area is 145 Å². The topological polar surface area (TPSA) is 50.8 Å². The van der Waals surface area contributed by atoms with Crippen LogP contribution in [0.5, 0.6) is 5.75 Å². The molecule has 1 amide bonds. The molecule has 5 heteroatoms. The Morgan fingerprint density at radius 3 is 2.83 bits per heavy atom. The molecule has 1 heterocycles. The molecule has 134 valence electrons. The quantitative estimate of drug-likeness (QED) is 0.894. The normalized spacial score (nSPS) is 18.9. The molecule has 1 aromatic rings. The van der Waals surface area contributed by atoms with Crippen molar-refractivity contribution in [3.05, 3.63) is 29.8 Å². The molecule has 0 spiro atoms. The van der Waals surface area contributed by atoms with Crippen molar-refractivity contribution in [1.82, 2.24) is 10.2 Å². The largest absolute Gasteiger partial charge is 0.497 e. The van der Waals surface area contributed by atoms with Gasteiger partial charge < -0.3 is 14.8 Å². The second kappa shape index (κ2) is 8.38. The Bertz CT molecular complexity index is 540. The van der Waals surface area contributed by atoms with Gasteiger partial charge in [0.1, 0.15) is 11.4 Å². The zero-order chi connectivity index (χ0) is 17.6. The van der Waals surface area contributed by atoms with E-state index in [9.17, 15) is 4.79 Å². The number of hydrogen-bond acceptors (Lipinski definition) is 4. The molecule has 1 aliphatic rings. The van der Waals surface area contributed by atoms with Crippen LogP contribution in [0, 0.1) is 0 Å². The van der Waals surface area contributed by atoms with E-state index in [4.69, 9.17) is 9.47 Å². The number of methoxy groups -OCH3 is 1. The maximum atomic E-state index is 11.9. The SMILES string of the molecule is COc1cccc(CN2CCCC[C@H]2CNC(=O)OC(C)(C)C)c1. The summed E-state index contributed by atoms with van der Waals surface area (Å²) in [6, 6.07) is 8.52. The lowest BCUT2D eigenvalue weighted by atomic mass is 10.0. The number of ether oxygens (including phenoxy) is 2. The van der Waals surface area contributed by atoms with Gasteiger partial charge in [-0.1, -0.05) is 18.6 Å². The summed E-state index contributed by atoms with van der Waals surface area (Å²) in [4.78, 5) is 14.3. The molecule has 0 saturated carbocycles. The van der Waals surface area contributed by atoms with E-state index in [0.717, 1.165) is 25.3 Å². The average molecular weight is 334 g/mol. The van der Waals surface area contributed by atoms with Gasteiger partial charge in [-0.15, -0.1) is 0 Å². The van der Waals surface area contributed by atoms with E-state index in [-0.39, 0.29) is 6.09 Å². The summed E-state index contributed by atoms with van der Waals surface area (Å²) in [5, 5.41) is 2.92. The van der Waals surface area contributed by atoms with Crippen LogP contribution in [-0.2, 0) is 11.3 Å². The van der Waals surface area contributed by atoms with E-state index in [0.29, 0.717) is 12.6 Å². The minimum Gasteiger partial charge on any atom is -0.497 e. The number of alkyl carbamates (subject to hydrolysis) is 1. The van der Waals surface area contributed by atoms with E-state index in [1.54, 1.807) is 7.11 Å². The van der Waals surface area contributed by atoms with Crippen LogP contribution >= 0.6 is 0 Å². The van der Waals surface area contributed by atoms with E-state index < -0.39 is 5.60 Å². The predicted molar refractivity (Wildman–Crippen MR) is 95.3 cm³/mol. The third kappa shape index (κ3) is 6.04. The molecular formula is C19H30N2O3. The molecule has 5 nitrogen and oxygen atoms in total. The van der Waals surface area contributed by atoms with Crippen molar-refractivity contribution in [2.24, 2.45) is 0 Å². The molecule has 0 aliphatic carbocycles. The molecule has 1 N–H and O–H groups in total. The molecule has 24 heavy (non-hydrogen) atoms. The highest BCUT2D eigenvalue weighted by atomic mass is 16.6. The number of carbonyl (C=O) groups excluding carboxylic acids is 1. The third-order valence-corrected chi connectivity index (χ3v) is 4.15. The summed E-state index contributed by atoms with van der Waals surface area (Å²) in [5.41, 5.74) is 0.773. The zero-order valence-electron chi connectivity index (χ0n) is 15.3. The molecule has 0 radical (unpaired) electrons. The number of rotatable bonds is 5. The van der Waals surface area contributed by atoms with Gasteiger partial charge in [0, 0.05) is 19.1 Å². The Morgan fingerprint density at radius 1 is 1.33 bits per heavy atom. The van der Waals surface area contributed by atoms with Gasteiger partial charge in [0.15, 0.2) is 0 Å². The third-order valence-electron chi connectivity index (χ3n) is 4.15. The lowest BCUT2D eigenvalue weighted by Crippen LogP contribution is -2.47. The van der Waals surface area contributed by atoms with Gasteiger partial charge in [0.2, 0.25) is 0 Å². The van der Waals surface area contributed by atoms with Gasteiger partial charge >= 0.3 is 6.09 Å². The van der Waals surface area contributed by atoms with Crippen LogP contribution in [0.15, 0.2) is 24.3 Å². The lowest BCUT2D eigenvalue weighted by Gasteiger charge is -2.36. The average Bonchev–Trinajstić information content (AvgIpc) is 2.52. The Hall–Kier alpha value is -1.75. The van der Waals surface area contributed by atoms with E-state index >= 15 is 0 Å². The smallest absolute Gasteiger partial charge is 0.407 e. The van der Waals surface area contributed by atoms with E-state index in [1.807, 2.05) is 32.9 Å². The molecule has 2 rings (SSSR count). The second-order valence-electron chi connectivity index (χ2n) is 7.35. The Morgan fingerprint density at radius 2 is 2.12 bits per heavy atom. The molecule has 1 atom stereocenters. The van der Waals surface area contributed by atoms with Crippen LogP contribution in [0.1, 0.15) is 45.6 Å². The first-order valence-electron chi connectivity index (χ1n) is 8.71. The summed E-state index contributed by atoms with van der Waals surface area (Å²) < 4.78 is 10.6. The fraction of sp³-hybridized carbons (Fsp3) is 0.632. The van der Waals surface area contributed by atoms with Crippen LogP contribution in [0.4, 0.5) is 4.79 Å². The molecule has 1 saturated heterocycles. The molecule has 0 unspecified atom stereocenters. The molecule has 0 aromatic heterocycles. The summed E-state index contributed by atoms with van der Waals surface area (Å²) in [7, 11) is 1.69. The highest BCUT2D eigenvalue weighted by molar-refractivity contribution is 5.67. The number of hydrogen-bond donors (Lipinski definition) is 1. The van der Waals surface area contributed by atoms with Crippen molar-refractivity contribution < 1.29 is 14.3 Å². The first-order chi connectivity index (χ1) is 11.4. The second-order valence-corrected chi connectivity index (χ2v) is 7.35. The predicted octanol–water partition coefficient (Wildman–Crippen LogP) is 3.57. The van der Waals surface area contributed by atoms with Gasteiger partial charge in [0.25, 0.3) is 0 Å². The van der Waals surface area contributed by atoms with Crippen LogP contribution in [0.25, 0.3) is 0 Å². The van der Waals surface area contributed by atoms with Crippen molar-refractivity contribution in [1.29, 1.82) is 0 Å². The molecule has 1 aliphatic heterocycles. The molecular weight excluding hydrogens is 304 g/mol. The monoisotopic (exact) mass is 334 g/mol. The Kier molecular flexibility index (Phi) is 6.49. The maximum Gasteiger partial charge on any atom is 0.407 e. The van der Waals surface area contributed by atoms with Gasteiger partial charge in [-0.2, -0.15) is 0 Å². The number of nitrogens with one attached hydrogen (secondary N) is 1. The van der Waals surface area contributed by atoms with Gasteiger partial charge in [0.05, 0.1) is 7.11 Å². The summed E-state index contributed by atoms with van der Waals surface area (Å²) in [6.07, 6.45) is 3.16. The zero-order valence-corrected chi connectivity index (χ0v) is 15.3. The minimum absolute atomic E-state index is 0.339. The standard InChI is InChI=1S/C19H30N2O3/c1-19(2,3)24-18(22)20-13-16-9-5-6-11-21(16)14-15-8-7-10-17(12-15)23-4/h7-8,10,12,16H,5-6,9,11,13-14H2,1-4H3,(H,20,22)/t16-/m0/s1. The lowest BCUT2D eigenvalue weighted by molar-refractivity contribution is 0.0492. The van der Waals surface area contributed by atoms with E-state index in [2.05, 4.69) is 22.3 Å².